The molecular weight excluding hydrogens is 599 g/mol. The van der Waals surface area contributed by atoms with E-state index in [0.717, 1.165) is 67.3 Å². The minimum Gasteiger partial charge on any atom is -0.340 e. The first-order valence-corrected chi connectivity index (χ1v) is 17.8. The number of guanidine groups is 1. The standard InChI is InChI=1S/C40H49FN6O/c1-26-25-46(21-19-42-26)39(45-35-23-30-22-34(27(35)2)40(30,3)4)43-32-15-16-33-36(24-32)44-37(17-12-28-8-6-5-7-9-28)47(38(33)48)20-18-29-10-13-31(41)14-11-29/h5-11,13-16,24,26-27,30,34-35,42H,12,17-23,25H2,1-4H3,(H,43,45)/t26-,27-,30+,34-,35?/m0/s1. The third-order valence-corrected chi connectivity index (χ3v) is 11.6. The Morgan fingerprint density at radius 1 is 1.00 bits per heavy atom. The van der Waals surface area contributed by atoms with Gasteiger partial charge in [-0.25, -0.2) is 14.4 Å². The first kappa shape index (κ1) is 32.5. The Kier molecular flexibility index (Phi) is 9.12. The van der Waals surface area contributed by atoms with Gasteiger partial charge in [0, 0.05) is 44.3 Å². The molecule has 8 heteroatoms. The molecule has 0 spiro atoms. The van der Waals surface area contributed by atoms with Gasteiger partial charge in [-0.2, -0.15) is 0 Å². The molecule has 2 N–H and O–H groups in total. The fourth-order valence-electron chi connectivity index (χ4n) is 8.46. The van der Waals surface area contributed by atoms with Gasteiger partial charge in [0.2, 0.25) is 0 Å². The highest BCUT2D eigenvalue weighted by atomic mass is 19.1. The summed E-state index contributed by atoms with van der Waals surface area (Å²) in [4.78, 5) is 27.0. The van der Waals surface area contributed by atoms with Crippen LogP contribution in [0.1, 0.15) is 57.5 Å². The lowest BCUT2D eigenvalue weighted by Crippen LogP contribution is -2.57. The minimum absolute atomic E-state index is 0.0422. The number of fused-ring (bicyclic) bond motifs is 3. The molecule has 4 fully saturated rings. The summed E-state index contributed by atoms with van der Waals surface area (Å²) >= 11 is 0. The maximum absolute atomic E-state index is 14.0. The van der Waals surface area contributed by atoms with Crippen molar-refractivity contribution in [3.05, 3.63) is 106 Å². The summed E-state index contributed by atoms with van der Waals surface area (Å²) < 4.78 is 15.4. The normalized spacial score (nSPS) is 25.1. The van der Waals surface area contributed by atoms with Crippen molar-refractivity contribution in [2.24, 2.45) is 28.2 Å². The van der Waals surface area contributed by atoms with Crippen LogP contribution in [0.4, 0.5) is 10.1 Å². The number of aryl methyl sites for hydroxylation is 3. The van der Waals surface area contributed by atoms with E-state index in [4.69, 9.17) is 9.98 Å². The second-order valence-corrected chi connectivity index (χ2v) is 15.0. The number of aromatic nitrogens is 2. The number of piperazine rings is 1. The summed E-state index contributed by atoms with van der Waals surface area (Å²) in [5.74, 6) is 3.43. The van der Waals surface area contributed by atoms with E-state index in [1.165, 1.54) is 24.1 Å². The van der Waals surface area contributed by atoms with Gasteiger partial charge in [-0.15, -0.1) is 0 Å². The molecule has 5 atom stereocenters. The lowest BCUT2D eigenvalue weighted by molar-refractivity contribution is -0.108. The molecular formula is C40H49FN6O. The van der Waals surface area contributed by atoms with Crippen LogP contribution in [-0.4, -0.2) is 52.1 Å². The maximum atomic E-state index is 14.0. The molecule has 3 aromatic carbocycles. The van der Waals surface area contributed by atoms with E-state index in [1.54, 1.807) is 12.1 Å². The van der Waals surface area contributed by atoms with Gasteiger partial charge < -0.3 is 15.5 Å². The summed E-state index contributed by atoms with van der Waals surface area (Å²) in [5, 5.41) is 7.88. The van der Waals surface area contributed by atoms with Gasteiger partial charge in [-0.05, 0) is 97.2 Å². The quantitative estimate of drug-likeness (QED) is 0.164. The van der Waals surface area contributed by atoms with E-state index in [1.807, 2.05) is 41.0 Å². The van der Waals surface area contributed by atoms with E-state index in [0.29, 0.717) is 53.7 Å². The summed E-state index contributed by atoms with van der Waals surface area (Å²) in [6.45, 7) is 12.7. The van der Waals surface area contributed by atoms with Crippen LogP contribution in [0.3, 0.4) is 0 Å². The molecule has 1 unspecified atom stereocenters. The van der Waals surface area contributed by atoms with Crippen molar-refractivity contribution in [1.82, 2.24) is 19.8 Å². The smallest absolute Gasteiger partial charge is 0.261 e. The highest BCUT2D eigenvalue weighted by Crippen LogP contribution is 2.61. The number of nitrogens with one attached hydrogen (secondary N) is 2. The van der Waals surface area contributed by atoms with Gasteiger partial charge in [-0.3, -0.25) is 9.36 Å². The van der Waals surface area contributed by atoms with Gasteiger partial charge in [0.15, 0.2) is 5.96 Å². The minimum atomic E-state index is -0.260. The number of halogens is 1. The second-order valence-electron chi connectivity index (χ2n) is 15.0. The molecule has 0 radical (unpaired) electrons. The fourth-order valence-corrected chi connectivity index (χ4v) is 8.46. The number of rotatable bonds is 8. The monoisotopic (exact) mass is 648 g/mol. The Labute approximate surface area is 283 Å². The summed E-state index contributed by atoms with van der Waals surface area (Å²) in [6, 6.07) is 23.4. The Balaban J connectivity index is 1.20. The van der Waals surface area contributed by atoms with Crippen LogP contribution in [0, 0.1) is 29.0 Å². The lowest BCUT2D eigenvalue weighted by Gasteiger charge is -2.61. The molecule has 48 heavy (non-hydrogen) atoms. The van der Waals surface area contributed by atoms with E-state index in [9.17, 15) is 9.18 Å². The number of hydrogen-bond acceptors (Lipinski definition) is 4. The van der Waals surface area contributed by atoms with Crippen LogP contribution in [0.5, 0.6) is 0 Å². The zero-order chi connectivity index (χ0) is 33.4. The molecule has 2 bridgehead atoms. The largest absolute Gasteiger partial charge is 0.340 e. The number of nitrogens with zero attached hydrogens (tertiary/aromatic N) is 4. The lowest BCUT2D eigenvalue weighted by atomic mass is 9.45. The van der Waals surface area contributed by atoms with Crippen LogP contribution >= 0.6 is 0 Å². The van der Waals surface area contributed by atoms with Gasteiger partial charge in [0.05, 0.1) is 16.9 Å². The van der Waals surface area contributed by atoms with E-state index in [2.05, 4.69) is 55.4 Å². The number of anilines is 1. The van der Waals surface area contributed by atoms with Crippen molar-refractivity contribution < 1.29 is 4.39 Å². The SMILES string of the molecule is C[C@@H]1C(/N=C(/Nc2ccc3c(=O)n(CCc4ccc(F)cc4)c(CCc4ccccc4)nc3c2)N2CCN[C@@H](C)C2)C[C@H]2C[C@@H]1C2(C)C. The van der Waals surface area contributed by atoms with Crippen LogP contribution in [-0.2, 0) is 25.8 Å². The van der Waals surface area contributed by atoms with E-state index in [-0.39, 0.29) is 11.4 Å². The predicted molar refractivity (Wildman–Crippen MR) is 193 cm³/mol. The number of benzene rings is 3. The maximum Gasteiger partial charge on any atom is 0.261 e. The van der Waals surface area contributed by atoms with Crippen LogP contribution < -0.4 is 16.2 Å². The Bertz CT molecular complexity index is 1830. The zero-order valence-corrected chi connectivity index (χ0v) is 28.8. The Hall–Kier alpha value is -4.04. The molecule has 252 valence electrons. The van der Waals surface area contributed by atoms with Crippen molar-refractivity contribution in [2.75, 3.05) is 25.0 Å². The van der Waals surface area contributed by atoms with Crippen molar-refractivity contribution in [3.63, 3.8) is 0 Å². The third kappa shape index (κ3) is 6.64. The second kappa shape index (κ2) is 13.5. The molecule has 1 aliphatic heterocycles. The first-order chi connectivity index (χ1) is 23.2. The van der Waals surface area contributed by atoms with Gasteiger partial charge >= 0.3 is 0 Å². The van der Waals surface area contributed by atoms with Crippen molar-refractivity contribution >= 4 is 22.5 Å². The Morgan fingerprint density at radius 2 is 1.77 bits per heavy atom. The Morgan fingerprint density at radius 3 is 2.50 bits per heavy atom. The van der Waals surface area contributed by atoms with E-state index < -0.39 is 0 Å². The summed E-state index contributed by atoms with van der Waals surface area (Å²) in [5.41, 5.74) is 4.14. The zero-order valence-electron chi connectivity index (χ0n) is 28.8. The highest BCUT2D eigenvalue weighted by molar-refractivity contribution is 5.96. The molecule has 7 nitrogen and oxygen atoms in total. The molecule has 0 amide bonds. The molecule has 3 aliphatic carbocycles. The van der Waals surface area contributed by atoms with Crippen molar-refractivity contribution in [3.8, 4) is 0 Å². The van der Waals surface area contributed by atoms with Crippen LogP contribution in [0.15, 0.2) is 82.6 Å². The van der Waals surface area contributed by atoms with Gasteiger partial charge in [0.1, 0.15) is 11.6 Å². The molecule has 4 aromatic rings. The average molecular weight is 649 g/mol. The third-order valence-electron chi connectivity index (χ3n) is 11.6. The van der Waals surface area contributed by atoms with Crippen LogP contribution in [0.25, 0.3) is 10.9 Å². The molecule has 3 saturated carbocycles. The predicted octanol–water partition coefficient (Wildman–Crippen LogP) is 6.70. The summed E-state index contributed by atoms with van der Waals surface area (Å²) in [6.07, 6.45) is 4.51. The van der Waals surface area contributed by atoms with Gasteiger partial charge in [-0.1, -0.05) is 63.2 Å². The number of aliphatic imine (C=N–C) groups is 1. The van der Waals surface area contributed by atoms with Crippen LogP contribution in [0.2, 0.25) is 0 Å². The number of hydrogen-bond donors (Lipinski definition) is 2. The van der Waals surface area contributed by atoms with Gasteiger partial charge in [0.25, 0.3) is 5.56 Å². The molecule has 2 heterocycles. The van der Waals surface area contributed by atoms with E-state index >= 15 is 0 Å². The van der Waals surface area contributed by atoms with Crippen molar-refractivity contribution in [2.45, 2.75) is 78.4 Å². The molecule has 4 aliphatic rings. The summed E-state index contributed by atoms with van der Waals surface area (Å²) in [7, 11) is 0. The average Bonchev–Trinajstić information content (AvgIpc) is 3.08. The molecule has 1 aromatic heterocycles. The first-order valence-electron chi connectivity index (χ1n) is 17.8. The highest BCUT2D eigenvalue weighted by Gasteiger charge is 2.56. The molecule has 1 saturated heterocycles. The van der Waals surface area contributed by atoms with Crippen molar-refractivity contribution in [1.29, 1.82) is 0 Å². The molecule has 8 rings (SSSR count). The topological polar surface area (TPSA) is 74.5 Å². The fraction of sp³-hybridized carbons (Fsp3) is 0.475.